The van der Waals surface area contributed by atoms with Crippen LogP contribution in [0.1, 0.15) is 61.8 Å². The Bertz CT molecular complexity index is 666. The molecule has 0 N–H and O–H groups in total. The van der Waals surface area contributed by atoms with Crippen molar-refractivity contribution < 1.29 is 0 Å². The van der Waals surface area contributed by atoms with Crippen molar-refractivity contribution in [1.29, 1.82) is 0 Å². The van der Waals surface area contributed by atoms with Gasteiger partial charge in [0.15, 0.2) is 0 Å². The summed E-state index contributed by atoms with van der Waals surface area (Å²) in [5, 5.41) is 0. The lowest BCUT2D eigenvalue weighted by atomic mass is 9.83. The summed E-state index contributed by atoms with van der Waals surface area (Å²) in [4.78, 5) is 0. The lowest BCUT2D eigenvalue weighted by Gasteiger charge is -2.22. The fraction of sp³-hybridized carbons (Fsp3) is 0.364. The minimum atomic E-state index is 1.15. The molecule has 2 aliphatic carbocycles. The third kappa shape index (κ3) is 3.16. The van der Waals surface area contributed by atoms with Gasteiger partial charge in [0, 0.05) is 0 Å². The molecule has 1 aromatic rings. The lowest BCUT2D eigenvalue weighted by Crippen LogP contribution is -2.05. The highest BCUT2D eigenvalue weighted by Gasteiger charge is 2.16. The summed E-state index contributed by atoms with van der Waals surface area (Å²) in [6.07, 6.45) is 20.8. The van der Waals surface area contributed by atoms with Crippen LogP contribution in [0.2, 0.25) is 0 Å². The van der Waals surface area contributed by atoms with E-state index in [1.165, 1.54) is 54.4 Å². The highest BCUT2D eigenvalue weighted by molar-refractivity contribution is 5.79. The van der Waals surface area contributed by atoms with Gasteiger partial charge in [0.25, 0.3) is 0 Å². The van der Waals surface area contributed by atoms with Gasteiger partial charge in [-0.05, 0) is 80.2 Å². The van der Waals surface area contributed by atoms with Crippen molar-refractivity contribution in [3.63, 3.8) is 0 Å². The third-order valence-corrected chi connectivity index (χ3v) is 4.82. The minimum Gasteiger partial charge on any atom is -0.0917 e. The van der Waals surface area contributed by atoms with Crippen molar-refractivity contribution in [3.8, 4) is 0 Å². The van der Waals surface area contributed by atoms with Crippen LogP contribution in [-0.2, 0) is 12.8 Å². The Morgan fingerprint density at radius 2 is 2.00 bits per heavy atom. The highest BCUT2D eigenvalue weighted by Crippen LogP contribution is 2.35. The van der Waals surface area contributed by atoms with Gasteiger partial charge in [0.1, 0.15) is 0 Å². The maximum Gasteiger partial charge on any atom is -0.0149 e. The standard InChI is InChI=1S/C22H26/c1-3-4-5-8-18-15-16-21(19-13-11-17(2)12-14-19)22-10-7-6-9-20(18)22/h3-4,7,10-11,13,15-16H,5-6,8-9,12,14H2,1-2H3/b4-3-. The minimum absolute atomic E-state index is 1.15. The van der Waals surface area contributed by atoms with Crippen molar-refractivity contribution >= 4 is 11.6 Å². The zero-order valence-electron chi connectivity index (χ0n) is 13.9. The Kier molecular flexibility index (Phi) is 4.77. The van der Waals surface area contributed by atoms with Crippen LogP contribution in [0.15, 0.2) is 48.1 Å². The molecule has 22 heavy (non-hydrogen) atoms. The molecule has 0 aliphatic heterocycles. The number of fused-ring (bicyclic) bond motifs is 1. The van der Waals surface area contributed by atoms with Crippen LogP contribution >= 0.6 is 0 Å². The van der Waals surface area contributed by atoms with Gasteiger partial charge in [-0.15, -0.1) is 0 Å². The molecule has 0 saturated carbocycles. The van der Waals surface area contributed by atoms with E-state index in [9.17, 15) is 0 Å². The molecule has 2 aliphatic rings. The van der Waals surface area contributed by atoms with E-state index in [2.05, 4.69) is 62.4 Å². The number of allylic oxidation sites excluding steroid dienone is 7. The third-order valence-electron chi connectivity index (χ3n) is 4.82. The van der Waals surface area contributed by atoms with Gasteiger partial charge in [-0.25, -0.2) is 0 Å². The van der Waals surface area contributed by atoms with Gasteiger partial charge in [0.2, 0.25) is 0 Å². The van der Waals surface area contributed by atoms with E-state index in [0.717, 1.165) is 6.42 Å². The summed E-state index contributed by atoms with van der Waals surface area (Å²) in [5.41, 5.74) is 9.10. The first-order valence-corrected chi connectivity index (χ1v) is 8.58. The summed E-state index contributed by atoms with van der Waals surface area (Å²) in [7, 11) is 0. The van der Waals surface area contributed by atoms with Crippen LogP contribution in [0, 0.1) is 0 Å². The molecular weight excluding hydrogens is 264 g/mol. The first kappa shape index (κ1) is 15.1. The van der Waals surface area contributed by atoms with Crippen LogP contribution in [-0.4, -0.2) is 0 Å². The topological polar surface area (TPSA) is 0 Å². The molecule has 0 spiro atoms. The predicted molar refractivity (Wildman–Crippen MR) is 97.9 cm³/mol. The zero-order chi connectivity index (χ0) is 15.4. The Balaban J connectivity index is 1.98. The van der Waals surface area contributed by atoms with E-state index in [1.807, 2.05) is 0 Å². The largest absolute Gasteiger partial charge is 0.0917 e. The normalized spacial score (nSPS) is 17.4. The summed E-state index contributed by atoms with van der Waals surface area (Å²) in [5.74, 6) is 0. The van der Waals surface area contributed by atoms with Gasteiger partial charge >= 0.3 is 0 Å². The van der Waals surface area contributed by atoms with E-state index in [4.69, 9.17) is 0 Å². The summed E-state index contributed by atoms with van der Waals surface area (Å²) < 4.78 is 0. The first-order chi connectivity index (χ1) is 10.8. The van der Waals surface area contributed by atoms with E-state index in [-0.39, 0.29) is 0 Å². The number of aryl methyl sites for hydroxylation is 1. The van der Waals surface area contributed by atoms with Crippen LogP contribution in [0.3, 0.4) is 0 Å². The molecule has 0 saturated heterocycles. The zero-order valence-corrected chi connectivity index (χ0v) is 13.9. The van der Waals surface area contributed by atoms with Gasteiger partial charge in [-0.3, -0.25) is 0 Å². The van der Waals surface area contributed by atoms with Crippen molar-refractivity contribution in [3.05, 3.63) is 70.3 Å². The molecule has 0 heterocycles. The Morgan fingerprint density at radius 1 is 1.09 bits per heavy atom. The van der Waals surface area contributed by atoms with E-state index < -0.39 is 0 Å². The number of rotatable bonds is 4. The summed E-state index contributed by atoms with van der Waals surface area (Å²) in [6, 6.07) is 4.74. The summed E-state index contributed by atoms with van der Waals surface area (Å²) in [6.45, 7) is 4.33. The van der Waals surface area contributed by atoms with Crippen molar-refractivity contribution in [2.75, 3.05) is 0 Å². The fourth-order valence-corrected chi connectivity index (χ4v) is 3.51. The Labute approximate surface area is 135 Å². The molecule has 0 unspecified atom stereocenters. The molecule has 114 valence electrons. The fourth-order valence-electron chi connectivity index (χ4n) is 3.51. The van der Waals surface area contributed by atoms with E-state index in [0.29, 0.717) is 0 Å². The SMILES string of the molecule is C/C=C\CCc1ccc(C2=CC=C(C)CC2)c2c1CCC=C2. The summed E-state index contributed by atoms with van der Waals surface area (Å²) >= 11 is 0. The molecule has 1 aromatic carbocycles. The monoisotopic (exact) mass is 290 g/mol. The lowest BCUT2D eigenvalue weighted by molar-refractivity contribution is 0.910. The van der Waals surface area contributed by atoms with Crippen LogP contribution in [0.5, 0.6) is 0 Å². The van der Waals surface area contributed by atoms with E-state index >= 15 is 0 Å². The molecule has 0 atom stereocenters. The molecule has 0 amide bonds. The molecule has 0 aromatic heterocycles. The first-order valence-electron chi connectivity index (χ1n) is 8.58. The molecule has 0 fully saturated rings. The molecule has 0 radical (unpaired) electrons. The molecule has 0 nitrogen and oxygen atoms in total. The average molecular weight is 290 g/mol. The molecule has 0 bridgehead atoms. The quantitative estimate of drug-likeness (QED) is 0.573. The molecule has 3 rings (SSSR count). The van der Waals surface area contributed by atoms with Crippen LogP contribution in [0.4, 0.5) is 0 Å². The Hall–Kier alpha value is -1.82. The maximum absolute atomic E-state index is 2.38. The van der Waals surface area contributed by atoms with Crippen molar-refractivity contribution in [2.24, 2.45) is 0 Å². The van der Waals surface area contributed by atoms with E-state index in [1.54, 1.807) is 11.1 Å². The van der Waals surface area contributed by atoms with Crippen molar-refractivity contribution in [1.82, 2.24) is 0 Å². The number of hydrogen-bond acceptors (Lipinski definition) is 0. The second-order valence-electron chi connectivity index (χ2n) is 6.42. The molecular formula is C22H26. The second-order valence-corrected chi connectivity index (χ2v) is 6.42. The van der Waals surface area contributed by atoms with Gasteiger partial charge in [-0.2, -0.15) is 0 Å². The smallest absolute Gasteiger partial charge is 0.0149 e. The van der Waals surface area contributed by atoms with Crippen LogP contribution in [0.25, 0.3) is 11.6 Å². The van der Waals surface area contributed by atoms with Gasteiger partial charge < -0.3 is 0 Å². The van der Waals surface area contributed by atoms with Crippen molar-refractivity contribution in [2.45, 2.75) is 52.4 Å². The van der Waals surface area contributed by atoms with Crippen LogP contribution < -0.4 is 0 Å². The highest BCUT2D eigenvalue weighted by atomic mass is 14.2. The second kappa shape index (κ2) is 6.96. The average Bonchev–Trinajstić information content (AvgIpc) is 2.56. The van der Waals surface area contributed by atoms with Gasteiger partial charge in [-0.1, -0.05) is 54.2 Å². The number of benzene rings is 1. The molecule has 0 heteroatoms. The predicted octanol–water partition coefficient (Wildman–Crippen LogP) is 6.28. The van der Waals surface area contributed by atoms with Gasteiger partial charge in [0.05, 0.1) is 0 Å². The maximum atomic E-state index is 2.38. The Morgan fingerprint density at radius 3 is 2.77 bits per heavy atom. The number of hydrogen-bond donors (Lipinski definition) is 0.